The summed E-state index contributed by atoms with van der Waals surface area (Å²) < 4.78 is 11.7. The molecule has 3 rings (SSSR count). The minimum absolute atomic E-state index is 0.0586. The summed E-state index contributed by atoms with van der Waals surface area (Å²) in [6.07, 6.45) is 0. The maximum Gasteiger partial charge on any atom is 0.256 e. The number of hydrogen-bond donors (Lipinski definition) is 0. The number of rotatable bonds is 5. The average molecular weight is 415 g/mol. The lowest BCUT2D eigenvalue weighted by Gasteiger charge is -2.35. The van der Waals surface area contributed by atoms with Crippen LogP contribution in [0.2, 0.25) is 8.67 Å². The molecule has 140 valence electrons. The molecule has 0 spiro atoms. The molecule has 1 aliphatic rings. The van der Waals surface area contributed by atoms with Crippen LogP contribution in [-0.2, 0) is 6.54 Å². The van der Waals surface area contributed by atoms with Crippen molar-refractivity contribution in [1.82, 2.24) is 9.80 Å². The van der Waals surface area contributed by atoms with Gasteiger partial charge in [0, 0.05) is 38.3 Å². The number of piperazine rings is 1. The molecule has 1 saturated heterocycles. The third-order valence-electron chi connectivity index (χ3n) is 4.43. The molecule has 1 amide bonds. The van der Waals surface area contributed by atoms with Crippen LogP contribution >= 0.6 is 34.5 Å². The summed E-state index contributed by atoms with van der Waals surface area (Å²) in [5, 5.41) is 0. The number of carbonyl (C=O) groups is 1. The first-order chi connectivity index (χ1) is 12.5. The van der Waals surface area contributed by atoms with E-state index >= 15 is 0 Å². The van der Waals surface area contributed by atoms with Gasteiger partial charge in [0.1, 0.15) is 15.8 Å². The Morgan fingerprint density at radius 1 is 1.12 bits per heavy atom. The predicted octanol–water partition coefficient (Wildman–Crippen LogP) is 4.03. The highest BCUT2D eigenvalue weighted by atomic mass is 35.5. The number of carbonyl (C=O) groups excluding carboxylic acids is 1. The van der Waals surface area contributed by atoms with Gasteiger partial charge in [-0.2, -0.15) is 0 Å². The summed E-state index contributed by atoms with van der Waals surface area (Å²) in [5.41, 5.74) is 1.56. The van der Waals surface area contributed by atoms with Crippen LogP contribution in [0, 0.1) is 0 Å². The summed E-state index contributed by atoms with van der Waals surface area (Å²) in [4.78, 5) is 16.7. The minimum atomic E-state index is -0.0586. The van der Waals surface area contributed by atoms with Crippen LogP contribution < -0.4 is 9.47 Å². The molecule has 0 saturated carbocycles. The van der Waals surface area contributed by atoms with Crippen molar-refractivity contribution in [2.45, 2.75) is 6.54 Å². The van der Waals surface area contributed by atoms with Gasteiger partial charge < -0.3 is 14.4 Å². The van der Waals surface area contributed by atoms with E-state index in [1.54, 1.807) is 20.3 Å². The molecule has 0 N–H and O–H groups in total. The van der Waals surface area contributed by atoms with Gasteiger partial charge in [-0.3, -0.25) is 9.69 Å². The van der Waals surface area contributed by atoms with Crippen LogP contribution in [0.4, 0.5) is 0 Å². The van der Waals surface area contributed by atoms with Gasteiger partial charge in [0.15, 0.2) is 0 Å². The van der Waals surface area contributed by atoms with Crippen LogP contribution in [0.1, 0.15) is 15.9 Å². The number of ether oxygens (including phenoxy) is 2. The van der Waals surface area contributed by atoms with Crippen molar-refractivity contribution in [2.75, 3.05) is 40.4 Å². The molecule has 2 aromatic rings. The molecule has 0 radical (unpaired) electrons. The normalized spacial score (nSPS) is 15.2. The Labute approximate surface area is 167 Å². The SMILES string of the molecule is COc1ccc(OC)c(CN2CCN(C(=O)c3cc(Cl)sc3Cl)CC2)c1. The quantitative estimate of drug-likeness (QED) is 0.740. The van der Waals surface area contributed by atoms with E-state index in [2.05, 4.69) is 4.90 Å². The summed E-state index contributed by atoms with van der Waals surface area (Å²) in [6, 6.07) is 7.43. The fourth-order valence-corrected chi connectivity index (χ4v) is 4.46. The lowest BCUT2D eigenvalue weighted by molar-refractivity contribution is 0.0628. The van der Waals surface area contributed by atoms with Crippen LogP contribution in [-0.4, -0.2) is 56.1 Å². The van der Waals surface area contributed by atoms with Gasteiger partial charge in [-0.05, 0) is 24.3 Å². The van der Waals surface area contributed by atoms with Gasteiger partial charge in [0.25, 0.3) is 5.91 Å². The third-order valence-corrected chi connectivity index (χ3v) is 5.92. The average Bonchev–Trinajstić information content (AvgIpc) is 2.99. The number of thiophene rings is 1. The first-order valence-corrected chi connectivity index (χ1v) is 9.76. The van der Waals surface area contributed by atoms with E-state index in [0.717, 1.165) is 36.7 Å². The highest BCUT2D eigenvalue weighted by Gasteiger charge is 2.25. The number of hydrogen-bond acceptors (Lipinski definition) is 5. The van der Waals surface area contributed by atoms with Gasteiger partial charge in [-0.1, -0.05) is 23.2 Å². The minimum Gasteiger partial charge on any atom is -0.497 e. The molecule has 1 fully saturated rings. The van der Waals surface area contributed by atoms with E-state index in [1.165, 1.54) is 11.3 Å². The van der Waals surface area contributed by atoms with E-state index in [9.17, 15) is 4.79 Å². The third kappa shape index (κ3) is 4.26. The first kappa shape index (κ1) is 19.3. The maximum absolute atomic E-state index is 12.6. The van der Waals surface area contributed by atoms with Gasteiger partial charge >= 0.3 is 0 Å². The van der Waals surface area contributed by atoms with Crippen molar-refractivity contribution in [3.63, 3.8) is 0 Å². The lowest BCUT2D eigenvalue weighted by atomic mass is 10.1. The van der Waals surface area contributed by atoms with Crippen molar-refractivity contribution < 1.29 is 14.3 Å². The molecule has 5 nitrogen and oxygen atoms in total. The molecule has 8 heteroatoms. The van der Waals surface area contributed by atoms with E-state index in [4.69, 9.17) is 32.7 Å². The lowest BCUT2D eigenvalue weighted by Crippen LogP contribution is -2.48. The molecule has 1 aromatic heterocycles. The van der Waals surface area contributed by atoms with Crippen molar-refractivity contribution in [3.05, 3.63) is 44.1 Å². The largest absolute Gasteiger partial charge is 0.497 e. The second-order valence-corrected chi connectivity index (χ2v) is 8.27. The summed E-state index contributed by atoms with van der Waals surface area (Å²) >= 11 is 13.3. The van der Waals surface area contributed by atoms with Crippen LogP contribution in [0.25, 0.3) is 0 Å². The summed E-state index contributed by atoms with van der Waals surface area (Å²) in [5.74, 6) is 1.58. The van der Waals surface area contributed by atoms with Gasteiger partial charge in [-0.15, -0.1) is 11.3 Å². The molecule has 0 aliphatic carbocycles. The zero-order valence-electron chi connectivity index (χ0n) is 14.6. The van der Waals surface area contributed by atoms with Gasteiger partial charge in [0.05, 0.1) is 24.1 Å². The van der Waals surface area contributed by atoms with Crippen molar-refractivity contribution in [2.24, 2.45) is 0 Å². The molecule has 0 atom stereocenters. The standard InChI is InChI=1S/C18H20Cl2N2O3S/c1-24-13-3-4-15(25-2)12(9-13)11-21-5-7-22(8-6-21)18(23)14-10-16(19)26-17(14)20/h3-4,9-10H,5-8,11H2,1-2H3. The molecule has 26 heavy (non-hydrogen) atoms. The monoisotopic (exact) mass is 414 g/mol. The van der Waals surface area contributed by atoms with Gasteiger partial charge in [-0.25, -0.2) is 0 Å². The molecular weight excluding hydrogens is 395 g/mol. The Kier molecular flexibility index (Phi) is 6.29. The fourth-order valence-electron chi connectivity index (χ4n) is 3.01. The Morgan fingerprint density at radius 3 is 2.42 bits per heavy atom. The molecular formula is C18H20Cl2N2O3S. The van der Waals surface area contributed by atoms with Crippen LogP contribution in [0.15, 0.2) is 24.3 Å². The Bertz CT molecular complexity index is 789. The second-order valence-electron chi connectivity index (χ2n) is 5.98. The number of amides is 1. The van der Waals surface area contributed by atoms with Crippen LogP contribution in [0.5, 0.6) is 11.5 Å². The van der Waals surface area contributed by atoms with E-state index in [0.29, 0.717) is 27.3 Å². The zero-order chi connectivity index (χ0) is 18.7. The first-order valence-electron chi connectivity index (χ1n) is 8.19. The number of halogens is 2. The van der Waals surface area contributed by atoms with Crippen molar-refractivity contribution in [1.29, 1.82) is 0 Å². The molecule has 1 aliphatic heterocycles. The zero-order valence-corrected chi connectivity index (χ0v) is 17.0. The number of nitrogens with zero attached hydrogens (tertiary/aromatic N) is 2. The van der Waals surface area contributed by atoms with Crippen LogP contribution in [0.3, 0.4) is 0 Å². The molecule has 0 unspecified atom stereocenters. The van der Waals surface area contributed by atoms with E-state index in [1.807, 2.05) is 23.1 Å². The van der Waals surface area contributed by atoms with Gasteiger partial charge in [0.2, 0.25) is 0 Å². The molecule has 1 aromatic carbocycles. The Hall–Kier alpha value is -1.47. The van der Waals surface area contributed by atoms with Crippen molar-refractivity contribution in [3.8, 4) is 11.5 Å². The summed E-state index contributed by atoms with van der Waals surface area (Å²) in [6.45, 7) is 3.60. The Morgan fingerprint density at radius 2 is 1.85 bits per heavy atom. The number of benzene rings is 1. The van der Waals surface area contributed by atoms with E-state index < -0.39 is 0 Å². The topological polar surface area (TPSA) is 42.0 Å². The van der Waals surface area contributed by atoms with Crippen molar-refractivity contribution >= 4 is 40.4 Å². The number of methoxy groups -OCH3 is 2. The smallest absolute Gasteiger partial charge is 0.256 e. The Balaban J connectivity index is 1.62. The highest BCUT2D eigenvalue weighted by molar-refractivity contribution is 7.20. The van der Waals surface area contributed by atoms with E-state index in [-0.39, 0.29) is 5.91 Å². The summed E-state index contributed by atoms with van der Waals surface area (Å²) in [7, 11) is 3.31. The highest BCUT2D eigenvalue weighted by Crippen LogP contribution is 2.32. The maximum atomic E-state index is 12.6. The fraction of sp³-hybridized carbons (Fsp3) is 0.389. The second kappa shape index (κ2) is 8.48. The molecule has 0 bridgehead atoms. The molecule has 2 heterocycles. The predicted molar refractivity (Wildman–Crippen MR) is 105 cm³/mol.